The summed E-state index contributed by atoms with van der Waals surface area (Å²) in [5.74, 6) is 0.303. The molecule has 0 atom stereocenters. The van der Waals surface area contributed by atoms with Gasteiger partial charge in [0.25, 0.3) is 5.91 Å². The fraction of sp³-hybridized carbons (Fsp3) is 0.167. The third-order valence-corrected chi connectivity index (χ3v) is 4.19. The van der Waals surface area contributed by atoms with Crippen LogP contribution in [0.2, 0.25) is 0 Å². The van der Waals surface area contributed by atoms with Crippen LogP contribution in [0.3, 0.4) is 0 Å². The molecule has 0 fully saturated rings. The highest BCUT2D eigenvalue weighted by molar-refractivity contribution is 9.10. The van der Waals surface area contributed by atoms with Gasteiger partial charge in [0.1, 0.15) is 23.8 Å². The van der Waals surface area contributed by atoms with E-state index in [4.69, 9.17) is 9.15 Å². The number of hydrogen-bond acceptors (Lipinski definition) is 3. The molecule has 124 valence electrons. The Morgan fingerprint density at radius 3 is 2.71 bits per heavy atom. The lowest BCUT2D eigenvalue weighted by Gasteiger charge is -2.16. The largest absolute Gasteiger partial charge is 0.492 e. The molecule has 0 radical (unpaired) electrons. The zero-order valence-corrected chi connectivity index (χ0v) is 14.5. The minimum Gasteiger partial charge on any atom is -0.492 e. The lowest BCUT2D eigenvalue weighted by atomic mass is 10.2. The van der Waals surface area contributed by atoms with Crippen LogP contribution < -0.4 is 4.74 Å². The van der Waals surface area contributed by atoms with Gasteiger partial charge in [0.2, 0.25) is 0 Å². The van der Waals surface area contributed by atoms with Gasteiger partial charge in [-0.3, -0.25) is 4.79 Å². The molecule has 3 aromatic rings. The van der Waals surface area contributed by atoms with Crippen LogP contribution in [-0.2, 0) is 0 Å². The highest BCUT2D eigenvalue weighted by atomic mass is 79.9. The Balaban J connectivity index is 1.61. The van der Waals surface area contributed by atoms with E-state index in [1.54, 1.807) is 25.2 Å². The lowest BCUT2D eigenvalue weighted by molar-refractivity contribution is 0.0745. The molecule has 0 N–H and O–H groups in total. The van der Waals surface area contributed by atoms with Crippen LogP contribution in [0.4, 0.5) is 4.39 Å². The molecule has 24 heavy (non-hydrogen) atoms. The summed E-state index contributed by atoms with van der Waals surface area (Å²) in [6.07, 6.45) is 0. The Bertz CT molecular complexity index is 860. The Kier molecular flexibility index (Phi) is 4.85. The summed E-state index contributed by atoms with van der Waals surface area (Å²) in [6.45, 7) is 0.687. The van der Waals surface area contributed by atoms with E-state index < -0.39 is 0 Å². The summed E-state index contributed by atoms with van der Waals surface area (Å²) in [6, 6.07) is 13.1. The second kappa shape index (κ2) is 7.05. The monoisotopic (exact) mass is 391 g/mol. The Morgan fingerprint density at radius 2 is 2.00 bits per heavy atom. The first-order chi connectivity index (χ1) is 11.5. The standard InChI is InChI=1S/C18H15BrFNO3/c1-21(9-10-23-14-7-5-13(20)6-8-14)18(22)16-11-12-3-2-4-15(19)17(12)24-16/h2-8,11H,9-10H2,1H3. The minimum absolute atomic E-state index is 0.221. The molecule has 0 bridgehead atoms. The van der Waals surface area contributed by atoms with Crippen LogP contribution >= 0.6 is 15.9 Å². The number of rotatable bonds is 5. The van der Waals surface area contributed by atoms with Gasteiger partial charge >= 0.3 is 0 Å². The van der Waals surface area contributed by atoms with Crippen molar-refractivity contribution < 1.29 is 18.3 Å². The molecule has 0 saturated heterocycles. The van der Waals surface area contributed by atoms with Gasteiger partial charge in [-0.2, -0.15) is 0 Å². The van der Waals surface area contributed by atoms with E-state index in [0.717, 1.165) is 9.86 Å². The molecule has 0 unspecified atom stereocenters. The molecule has 6 heteroatoms. The fourth-order valence-corrected chi connectivity index (χ4v) is 2.72. The number of para-hydroxylation sites is 1. The molecule has 0 aliphatic rings. The van der Waals surface area contributed by atoms with Crippen LogP contribution in [0.15, 0.2) is 57.4 Å². The van der Waals surface area contributed by atoms with Gasteiger partial charge in [-0.25, -0.2) is 4.39 Å². The third kappa shape index (κ3) is 3.59. The molecule has 1 heterocycles. The first kappa shape index (κ1) is 16.5. The van der Waals surface area contributed by atoms with E-state index in [-0.39, 0.29) is 17.5 Å². The van der Waals surface area contributed by atoms with E-state index in [1.165, 1.54) is 17.0 Å². The van der Waals surface area contributed by atoms with Gasteiger partial charge in [0, 0.05) is 12.4 Å². The number of nitrogens with zero attached hydrogens (tertiary/aromatic N) is 1. The summed E-state index contributed by atoms with van der Waals surface area (Å²) < 4.78 is 24.8. The van der Waals surface area contributed by atoms with Crippen molar-refractivity contribution in [1.82, 2.24) is 4.90 Å². The zero-order valence-electron chi connectivity index (χ0n) is 13.0. The Labute approximate surface area is 146 Å². The molecule has 4 nitrogen and oxygen atoms in total. The molecular formula is C18H15BrFNO3. The maximum Gasteiger partial charge on any atom is 0.289 e. The summed E-state index contributed by atoms with van der Waals surface area (Å²) in [7, 11) is 1.68. The highest BCUT2D eigenvalue weighted by Crippen LogP contribution is 2.27. The lowest BCUT2D eigenvalue weighted by Crippen LogP contribution is -2.30. The third-order valence-electron chi connectivity index (χ3n) is 3.56. The molecule has 0 aliphatic carbocycles. The summed E-state index contributed by atoms with van der Waals surface area (Å²) in [5.41, 5.74) is 0.650. The van der Waals surface area contributed by atoms with E-state index >= 15 is 0 Å². The predicted molar refractivity (Wildman–Crippen MR) is 92.8 cm³/mol. The van der Waals surface area contributed by atoms with E-state index in [2.05, 4.69) is 15.9 Å². The molecule has 1 amide bonds. The zero-order chi connectivity index (χ0) is 17.1. The smallest absolute Gasteiger partial charge is 0.289 e. The maximum absolute atomic E-state index is 12.8. The summed E-state index contributed by atoms with van der Waals surface area (Å²) >= 11 is 3.40. The van der Waals surface area contributed by atoms with Crippen molar-refractivity contribution in [3.05, 3.63) is 64.6 Å². The average molecular weight is 392 g/mol. The van der Waals surface area contributed by atoms with Crippen LogP contribution in [0.25, 0.3) is 11.0 Å². The van der Waals surface area contributed by atoms with Crippen molar-refractivity contribution in [3.8, 4) is 5.75 Å². The highest BCUT2D eigenvalue weighted by Gasteiger charge is 2.17. The molecule has 3 rings (SSSR count). The van der Waals surface area contributed by atoms with Crippen molar-refractivity contribution in [2.24, 2.45) is 0 Å². The first-order valence-electron chi connectivity index (χ1n) is 7.36. The minimum atomic E-state index is -0.314. The van der Waals surface area contributed by atoms with Crippen molar-refractivity contribution in [3.63, 3.8) is 0 Å². The first-order valence-corrected chi connectivity index (χ1v) is 8.16. The van der Waals surface area contributed by atoms with Gasteiger partial charge in [-0.1, -0.05) is 12.1 Å². The number of furan rings is 1. The summed E-state index contributed by atoms with van der Waals surface area (Å²) in [5, 5.41) is 0.865. The number of halogens is 2. The van der Waals surface area contributed by atoms with E-state index in [1.807, 2.05) is 18.2 Å². The van der Waals surface area contributed by atoms with Crippen molar-refractivity contribution in [1.29, 1.82) is 0 Å². The van der Waals surface area contributed by atoms with Gasteiger partial charge < -0.3 is 14.1 Å². The van der Waals surface area contributed by atoms with Crippen molar-refractivity contribution in [2.45, 2.75) is 0 Å². The van der Waals surface area contributed by atoms with E-state index in [9.17, 15) is 9.18 Å². The number of carbonyl (C=O) groups excluding carboxylic acids is 1. The van der Waals surface area contributed by atoms with Crippen LogP contribution in [-0.4, -0.2) is 31.0 Å². The molecule has 1 aromatic heterocycles. The topological polar surface area (TPSA) is 42.7 Å². The number of ether oxygens (including phenoxy) is 1. The molecule has 0 saturated carbocycles. The van der Waals surface area contributed by atoms with E-state index in [0.29, 0.717) is 24.5 Å². The predicted octanol–water partition coefficient (Wildman–Crippen LogP) is 4.49. The van der Waals surface area contributed by atoms with Crippen molar-refractivity contribution in [2.75, 3.05) is 20.2 Å². The maximum atomic E-state index is 12.8. The number of fused-ring (bicyclic) bond motifs is 1. The van der Waals surface area contributed by atoms with Gasteiger partial charge in [0.15, 0.2) is 5.76 Å². The second-order valence-electron chi connectivity index (χ2n) is 5.30. The van der Waals surface area contributed by atoms with Crippen LogP contribution in [0.5, 0.6) is 5.75 Å². The SMILES string of the molecule is CN(CCOc1ccc(F)cc1)C(=O)c1cc2cccc(Br)c2o1. The fourth-order valence-electron chi connectivity index (χ4n) is 2.25. The normalized spacial score (nSPS) is 10.8. The number of amides is 1. The van der Waals surface area contributed by atoms with Crippen molar-refractivity contribution >= 4 is 32.8 Å². The number of benzene rings is 2. The van der Waals surface area contributed by atoms with Gasteiger partial charge in [0.05, 0.1) is 11.0 Å². The van der Waals surface area contributed by atoms with Crippen LogP contribution in [0, 0.1) is 5.82 Å². The van der Waals surface area contributed by atoms with Gasteiger partial charge in [-0.05, 0) is 52.3 Å². The number of carbonyl (C=O) groups is 1. The van der Waals surface area contributed by atoms with Crippen LogP contribution in [0.1, 0.15) is 10.6 Å². The molecular weight excluding hydrogens is 377 g/mol. The summed E-state index contributed by atoms with van der Waals surface area (Å²) in [4.78, 5) is 13.9. The number of likely N-dealkylation sites (N-methyl/N-ethyl adjacent to an activating group) is 1. The molecule has 0 aliphatic heterocycles. The molecule has 2 aromatic carbocycles. The average Bonchev–Trinajstić information content (AvgIpc) is 3.01. The Hall–Kier alpha value is -2.34. The Morgan fingerprint density at radius 1 is 1.25 bits per heavy atom. The molecule has 0 spiro atoms. The quantitative estimate of drug-likeness (QED) is 0.643. The second-order valence-corrected chi connectivity index (χ2v) is 6.15. The number of hydrogen-bond donors (Lipinski definition) is 0. The van der Waals surface area contributed by atoms with Gasteiger partial charge in [-0.15, -0.1) is 0 Å².